The second kappa shape index (κ2) is 12.6. The van der Waals surface area contributed by atoms with E-state index in [1.54, 1.807) is 0 Å². The van der Waals surface area contributed by atoms with Gasteiger partial charge in [-0.05, 0) is 30.0 Å². The lowest BCUT2D eigenvalue weighted by Crippen LogP contribution is -2.47. The number of hydrogen-bond acceptors (Lipinski definition) is 9. The zero-order valence-corrected chi connectivity index (χ0v) is 23.5. The molecule has 2 saturated heterocycles. The van der Waals surface area contributed by atoms with Crippen LogP contribution in [0.3, 0.4) is 0 Å². The molecule has 0 saturated carbocycles. The summed E-state index contributed by atoms with van der Waals surface area (Å²) in [4.78, 5) is 23.4. The van der Waals surface area contributed by atoms with Crippen LogP contribution in [0, 0.1) is 16.0 Å². The normalized spacial score (nSPS) is 23.4. The highest BCUT2D eigenvalue weighted by atomic mass is 32.2. The maximum Gasteiger partial charge on any atom is 0.417 e. The van der Waals surface area contributed by atoms with Crippen LogP contribution >= 0.6 is 8.18 Å². The first-order valence-corrected chi connectivity index (χ1v) is 15.3. The number of nitro groups is 1. The van der Waals surface area contributed by atoms with Crippen molar-refractivity contribution in [2.24, 2.45) is 5.92 Å². The van der Waals surface area contributed by atoms with Crippen LogP contribution in [0.1, 0.15) is 25.8 Å². The Morgan fingerprint density at radius 2 is 1.90 bits per heavy atom. The summed E-state index contributed by atoms with van der Waals surface area (Å²) in [6.45, 7) is 4.36. The van der Waals surface area contributed by atoms with Crippen molar-refractivity contribution < 1.29 is 36.7 Å². The molecule has 0 bridgehead atoms. The van der Waals surface area contributed by atoms with E-state index in [1.807, 2.05) is 44.2 Å². The zero-order chi connectivity index (χ0) is 28.2. The first-order chi connectivity index (χ1) is 18.6. The van der Waals surface area contributed by atoms with Gasteiger partial charge < -0.3 is 14.0 Å². The second-order valence-electron chi connectivity index (χ2n) is 9.89. The number of nitro benzene ring substituents is 1. The van der Waals surface area contributed by atoms with E-state index in [2.05, 4.69) is 0 Å². The summed E-state index contributed by atoms with van der Waals surface area (Å²) < 4.78 is 59.3. The highest BCUT2D eigenvalue weighted by Crippen LogP contribution is 2.44. The van der Waals surface area contributed by atoms with Crippen molar-refractivity contribution in [2.75, 3.05) is 26.3 Å². The van der Waals surface area contributed by atoms with Gasteiger partial charge in [-0.25, -0.2) is 17.9 Å². The SMILES string of the molecule is CC(C)CN(C[C@H]1O[PH](=O)N(C(=O)O[C@H]2CCOC2)[C@H]1Cc1ccccc1)S(=O)(=O)c1ccc([N+](=O)[O-])cc1. The van der Waals surface area contributed by atoms with Crippen LogP contribution in [0.25, 0.3) is 0 Å². The Kier molecular flexibility index (Phi) is 9.39. The smallest absolute Gasteiger partial charge is 0.417 e. The molecule has 0 radical (unpaired) electrons. The number of benzene rings is 2. The molecule has 212 valence electrons. The minimum Gasteiger partial charge on any atom is -0.443 e. The molecule has 14 heteroatoms. The molecular weight excluding hydrogens is 549 g/mol. The maximum atomic E-state index is 13.6. The first-order valence-electron chi connectivity index (χ1n) is 12.6. The summed E-state index contributed by atoms with van der Waals surface area (Å²) in [5, 5.41) is 11.0. The number of ether oxygens (including phenoxy) is 2. The van der Waals surface area contributed by atoms with Gasteiger partial charge in [0.15, 0.2) is 0 Å². The van der Waals surface area contributed by atoms with E-state index in [0.717, 1.165) is 22.4 Å². The highest BCUT2D eigenvalue weighted by Gasteiger charge is 2.46. The van der Waals surface area contributed by atoms with E-state index in [4.69, 9.17) is 14.0 Å². The number of sulfonamides is 1. The Morgan fingerprint density at radius 1 is 1.21 bits per heavy atom. The average Bonchev–Trinajstić information content (AvgIpc) is 3.51. The van der Waals surface area contributed by atoms with Crippen LogP contribution in [0.2, 0.25) is 0 Å². The van der Waals surface area contributed by atoms with Gasteiger partial charge in [0.2, 0.25) is 10.0 Å². The fourth-order valence-electron chi connectivity index (χ4n) is 4.59. The molecule has 2 fully saturated rings. The van der Waals surface area contributed by atoms with Crippen LogP contribution < -0.4 is 0 Å². The first kappa shape index (κ1) is 29.2. The van der Waals surface area contributed by atoms with Gasteiger partial charge in [-0.1, -0.05) is 44.2 Å². The van der Waals surface area contributed by atoms with Gasteiger partial charge >= 0.3 is 6.09 Å². The summed E-state index contributed by atoms with van der Waals surface area (Å²) >= 11 is 0. The van der Waals surface area contributed by atoms with Gasteiger partial charge in [-0.2, -0.15) is 4.31 Å². The molecule has 4 rings (SSSR count). The lowest BCUT2D eigenvalue weighted by molar-refractivity contribution is -0.384. The molecule has 2 aromatic rings. The van der Waals surface area contributed by atoms with Crippen LogP contribution in [0.5, 0.6) is 0 Å². The van der Waals surface area contributed by atoms with Crippen LogP contribution in [0.15, 0.2) is 59.5 Å². The summed E-state index contributed by atoms with van der Waals surface area (Å²) in [6.07, 6.45) is -1.35. The third-order valence-corrected chi connectivity index (χ3v) is 9.74. The molecule has 0 aliphatic carbocycles. The third kappa shape index (κ3) is 7.03. The maximum absolute atomic E-state index is 13.6. The van der Waals surface area contributed by atoms with E-state index >= 15 is 0 Å². The fourth-order valence-corrected chi connectivity index (χ4v) is 7.54. The largest absolute Gasteiger partial charge is 0.443 e. The molecule has 0 spiro atoms. The molecule has 4 atom stereocenters. The molecule has 2 aliphatic heterocycles. The molecule has 1 unspecified atom stereocenters. The lowest BCUT2D eigenvalue weighted by Gasteiger charge is -2.30. The van der Waals surface area contributed by atoms with Crippen LogP contribution in [-0.4, -0.2) is 73.0 Å². The summed E-state index contributed by atoms with van der Waals surface area (Å²) in [5.74, 6) is -0.0766. The van der Waals surface area contributed by atoms with E-state index in [1.165, 1.54) is 16.4 Å². The molecule has 2 aliphatic rings. The number of nitrogens with zero attached hydrogens (tertiary/aromatic N) is 3. The summed E-state index contributed by atoms with van der Waals surface area (Å²) in [6, 6.07) is 13.1. The van der Waals surface area contributed by atoms with Crippen molar-refractivity contribution in [1.29, 1.82) is 0 Å². The van der Waals surface area contributed by atoms with Crippen molar-refractivity contribution in [3.63, 3.8) is 0 Å². The molecular formula is C25H32N3O9PS. The molecule has 1 amide bonds. The van der Waals surface area contributed by atoms with Gasteiger partial charge in [-0.3, -0.25) is 14.7 Å². The Morgan fingerprint density at radius 3 is 2.49 bits per heavy atom. The van der Waals surface area contributed by atoms with Gasteiger partial charge in [0, 0.05) is 31.6 Å². The molecule has 0 aromatic heterocycles. The Labute approximate surface area is 228 Å². The predicted octanol–water partition coefficient (Wildman–Crippen LogP) is 3.87. The Balaban J connectivity index is 1.63. The summed E-state index contributed by atoms with van der Waals surface area (Å²) in [5.41, 5.74) is 0.621. The van der Waals surface area contributed by atoms with Gasteiger partial charge in [-0.15, -0.1) is 0 Å². The number of carbonyl (C=O) groups excluding carboxylic acids is 1. The van der Waals surface area contributed by atoms with Crippen molar-refractivity contribution in [2.45, 2.75) is 49.8 Å². The number of amides is 1. The van der Waals surface area contributed by atoms with Gasteiger partial charge in [0.05, 0.1) is 29.1 Å². The molecule has 2 heterocycles. The van der Waals surface area contributed by atoms with E-state index in [-0.39, 0.29) is 42.6 Å². The highest BCUT2D eigenvalue weighted by molar-refractivity contribution is 7.89. The standard InChI is InChI=1S/C25H32N3O9PS/c1-18(2)15-26(39(33,34)22-10-8-20(9-11-22)28(30)31)16-24-23(14-19-6-4-3-5-7-19)27(38(32)37-24)25(29)36-21-12-13-35-17-21/h3-11,18,21,23-24,38H,12-17H2,1-2H3/t21-,23-,24+/m0/s1. The van der Waals surface area contributed by atoms with E-state index in [0.29, 0.717) is 13.0 Å². The minimum absolute atomic E-state index is 0.0766. The lowest BCUT2D eigenvalue weighted by atomic mass is 10.0. The van der Waals surface area contributed by atoms with Crippen molar-refractivity contribution in [3.05, 3.63) is 70.3 Å². The van der Waals surface area contributed by atoms with Gasteiger partial charge in [0.1, 0.15) is 12.2 Å². The molecule has 0 N–H and O–H groups in total. The van der Waals surface area contributed by atoms with Crippen LogP contribution in [0.4, 0.5) is 10.5 Å². The second-order valence-corrected chi connectivity index (χ2v) is 13.1. The Bertz CT molecular complexity index is 1290. The molecule has 2 aromatic carbocycles. The average molecular weight is 582 g/mol. The third-order valence-electron chi connectivity index (χ3n) is 6.49. The number of carbonyl (C=O) groups is 1. The monoisotopic (exact) mass is 581 g/mol. The van der Waals surface area contributed by atoms with Crippen molar-refractivity contribution in [1.82, 2.24) is 8.98 Å². The van der Waals surface area contributed by atoms with Crippen molar-refractivity contribution in [3.8, 4) is 0 Å². The van der Waals surface area contributed by atoms with Crippen LogP contribution in [-0.2, 0) is 35.0 Å². The predicted molar refractivity (Wildman–Crippen MR) is 142 cm³/mol. The van der Waals surface area contributed by atoms with E-state index in [9.17, 15) is 27.9 Å². The molecule has 12 nitrogen and oxygen atoms in total. The Hall–Kier alpha value is -2.83. The van der Waals surface area contributed by atoms with Gasteiger partial charge in [0.25, 0.3) is 13.9 Å². The van der Waals surface area contributed by atoms with Crippen molar-refractivity contribution >= 4 is 30.0 Å². The topological polar surface area (TPSA) is 146 Å². The van der Waals surface area contributed by atoms with E-state index < -0.39 is 47.5 Å². The molecule has 39 heavy (non-hydrogen) atoms. The number of non-ortho nitro benzene ring substituents is 1. The zero-order valence-electron chi connectivity index (χ0n) is 21.7. The quantitative estimate of drug-likeness (QED) is 0.232. The summed E-state index contributed by atoms with van der Waals surface area (Å²) in [7, 11) is -7.18. The number of hydrogen-bond donors (Lipinski definition) is 0. The minimum atomic E-state index is -4.11. The number of rotatable bonds is 10. The fraction of sp³-hybridized carbons (Fsp3) is 0.480.